The molecule has 0 saturated heterocycles. The Morgan fingerprint density at radius 1 is 1.50 bits per heavy atom. The Hall–Kier alpha value is -1.20. The van der Waals surface area contributed by atoms with E-state index >= 15 is 0 Å². The molecule has 0 aliphatic heterocycles. The van der Waals surface area contributed by atoms with Gasteiger partial charge in [-0.25, -0.2) is 0 Å². The van der Waals surface area contributed by atoms with Crippen LogP contribution in [0.3, 0.4) is 0 Å². The van der Waals surface area contributed by atoms with Crippen LogP contribution >= 0.6 is 27.3 Å². The van der Waals surface area contributed by atoms with Crippen molar-refractivity contribution in [3.63, 3.8) is 0 Å². The average molecular weight is 298 g/mol. The van der Waals surface area contributed by atoms with E-state index in [2.05, 4.69) is 20.9 Å². The van der Waals surface area contributed by atoms with Crippen molar-refractivity contribution in [2.24, 2.45) is 0 Å². The van der Waals surface area contributed by atoms with Crippen molar-refractivity contribution in [2.75, 3.05) is 0 Å². The van der Waals surface area contributed by atoms with Crippen LogP contribution in [0.15, 0.2) is 34.4 Å². The van der Waals surface area contributed by atoms with Crippen molar-refractivity contribution in [3.05, 3.63) is 44.8 Å². The highest BCUT2D eigenvalue weighted by Crippen LogP contribution is 2.26. The molecule has 0 amide bonds. The number of carbonyl (C=O) groups excluding carboxylic acids is 1. The van der Waals surface area contributed by atoms with Gasteiger partial charge in [-0.05, 0) is 34.1 Å². The Morgan fingerprint density at radius 3 is 3.00 bits per heavy atom. The maximum absolute atomic E-state index is 10.5. The molecule has 3 nitrogen and oxygen atoms in total. The zero-order chi connectivity index (χ0) is 11.4. The second-order valence-corrected chi connectivity index (χ2v) is 4.89. The number of aldehydes is 1. The molecule has 0 N–H and O–H groups in total. The number of halogens is 1. The molecule has 0 spiro atoms. The summed E-state index contributed by atoms with van der Waals surface area (Å²) in [7, 11) is 0. The fourth-order valence-electron chi connectivity index (χ4n) is 1.17. The molecule has 0 atom stereocenters. The number of hydrogen-bond donors (Lipinski definition) is 0. The third-order valence-corrected chi connectivity index (χ3v) is 3.32. The molecule has 0 bridgehead atoms. The lowest BCUT2D eigenvalue weighted by atomic mass is 10.2. The Labute approximate surface area is 105 Å². The van der Waals surface area contributed by atoms with Gasteiger partial charge in [0.05, 0.1) is 14.9 Å². The molecule has 0 aliphatic carbocycles. The lowest BCUT2D eigenvalue weighted by Crippen LogP contribution is -1.94. The Morgan fingerprint density at radius 2 is 2.38 bits per heavy atom. The molecule has 2 aromatic rings. The molecule has 1 aromatic heterocycles. The molecule has 1 heterocycles. The number of carbonyl (C=O) groups is 1. The first kappa shape index (κ1) is 11.3. The van der Waals surface area contributed by atoms with Gasteiger partial charge in [-0.15, -0.1) is 11.3 Å². The third-order valence-electron chi connectivity index (χ3n) is 1.95. The predicted molar refractivity (Wildman–Crippen MR) is 66.0 cm³/mol. The average Bonchev–Trinajstić information content (AvgIpc) is 2.80. The van der Waals surface area contributed by atoms with Gasteiger partial charge in [0.2, 0.25) is 0 Å². The van der Waals surface area contributed by atoms with Crippen LogP contribution in [0.4, 0.5) is 0 Å². The van der Waals surface area contributed by atoms with E-state index < -0.39 is 0 Å². The highest BCUT2D eigenvalue weighted by Gasteiger charge is 2.03. The summed E-state index contributed by atoms with van der Waals surface area (Å²) in [5, 5.41) is 0. The molecule has 5 heteroatoms. The van der Waals surface area contributed by atoms with Crippen LogP contribution in [-0.2, 0) is 6.61 Å². The van der Waals surface area contributed by atoms with E-state index in [-0.39, 0.29) is 0 Å². The first-order valence-corrected chi connectivity index (χ1v) is 6.22. The zero-order valence-electron chi connectivity index (χ0n) is 8.22. The van der Waals surface area contributed by atoms with Crippen LogP contribution in [0, 0.1) is 0 Å². The Kier molecular flexibility index (Phi) is 3.69. The van der Waals surface area contributed by atoms with Gasteiger partial charge in [0.15, 0.2) is 0 Å². The van der Waals surface area contributed by atoms with Gasteiger partial charge in [0, 0.05) is 11.8 Å². The lowest BCUT2D eigenvalue weighted by Gasteiger charge is -2.06. The number of benzene rings is 1. The molecule has 0 radical (unpaired) electrons. The van der Waals surface area contributed by atoms with Gasteiger partial charge in [-0.2, -0.15) is 0 Å². The number of aromatic nitrogens is 1. The van der Waals surface area contributed by atoms with Crippen LogP contribution in [0.25, 0.3) is 0 Å². The Balaban J connectivity index is 2.07. The van der Waals surface area contributed by atoms with Gasteiger partial charge < -0.3 is 4.74 Å². The van der Waals surface area contributed by atoms with Crippen molar-refractivity contribution in [1.29, 1.82) is 0 Å². The first-order chi connectivity index (χ1) is 7.79. The highest BCUT2D eigenvalue weighted by atomic mass is 79.9. The third kappa shape index (κ3) is 2.68. The summed E-state index contributed by atoms with van der Waals surface area (Å²) in [6.45, 7) is 0.490. The van der Waals surface area contributed by atoms with E-state index in [9.17, 15) is 4.79 Å². The largest absolute Gasteiger partial charge is 0.487 e. The molecular weight excluding hydrogens is 290 g/mol. The molecule has 0 aliphatic rings. The van der Waals surface area contributed by atoms with E-state index in [0.717, 1.165) is 21.4 Å². The van der Waals surface area contributed by atoms with Gasteiger partial charge in [-0.1, -0.05) is 0 Å². The molecule has 0 fully saturated rings. The number of nitrogens with zero attached hydrogens (tertiary/aromatic N) is 1. The topological polar surface area (TPSA) is 39.2 Å². The smallest absolute Gasteiger partial charge is 0.150 e. The van der Waals surface area contributed by atoms with Crippen molar-refractivity contribution >= 4 is 33.6 Å². The summed E-state index contributed by atoms with van der Waals surface area (Å²) in [5.74, 6) is 0.721. The SMILES string of the molecule is O=Cc1ccc(OCc2cncs2)c(Br)c1. The Bertz CT molecular complexity index is 485. The van der Waals surface area contributed by atoms with E-state index in [1.165, 1.54) is 0 Å². The second kappa shape index (κ2) is 5.23. The number of rotatable bonds is 4. The molecule has 1 aromatic carbocycles. The minimum absolute atomic E-state index is 0.490. The van der Waals surface area contributed by atoms with E-state index in [0.29, 0.717) is 12.2 Å². The van der Waals surface area contributed by atoms with Crippen LogP contribution in [-0.4, -0.2) is 11.3 Å². The lowest BCUT2D eigenvalue weighted by molar-refractivity contribution is 0.112. The summed E-state index contributed by atoms with van der Waals surface area (Å²) in [5.41, 5.74) is 2.39. The van der Waals surface area contributed by atoms with Crippen molar-refractivity contribution < 1.29 is 9.53 Å². The minimum Gasteiger partial charge on any atom is -0.487 e. The van der Waals surface area contributed by atoms with Crippen molar-refractivity contribution in [3.8, 4) is 5.75 Å². The summed E-state index contributed by atoms with van der Waals surface area (Å²) in [6, 6.07) is 5.23. The maximum Gasteiger partial charge on any atom is 0.150 e. The molecule has 2 rings (SSSR count). The van der Waals surface area contributed by atoms with Crippen LogP contribution in [0.5, 0.6) is 5.75 Å². The molecule has 0 unspecified atom stereocenters. The fourth-order valence-corrected chi connectivity index (χ4v) is 2.19. The van der Waals surface area contributed by atoms with Crippen LogP contribution < -0.4 is 4.74 Å². The monoisotopic (exact) mass is 297 g/mol. The van der Waals surface area contributed by atoms with Crippen molar-refractivity contribution in [1.82, 2.24) is 4.98 Å². The summed E-state index contributed by atoms with van der Waals surface area (Å²) >= 11 is 4.90. The highest BCUT2D eigenvalue weighted by molar-refractivity contribution is 9.10. The second-order valence-electron chi connectivity index (χ2n) is 3.06. The summed E-state index contributed by atoms with van der Waals surface area (Å²) in [4.78, 5) is 15.6. The van der Waals surface area contributed by atoms with Gasteiger partial charge in [-0.3, -0.25) is 9.78 Å². The fraction of sp³-hybridized carbons (Fsp3) is 0.0909. The van der Waals surface area contributed by atoms with E-state index in [1.807, 2.05) is 0 Å². The minimum atomic E-state index is 0.490. The maximum atomic E-state index is 10.5. The first-order valence-electron chi connectivity index (χ1n) is 4.54. The van der Waals surface area contributed by atoms with Crippen LogP contribution in [0.2, 0.25) is 0 Å². The molecule has 16 heavy (non-hydrogen) atoms. The summed E-state index contributed by atoms with van der Waals surface area (Å²) in [6.07, 6.45) is 2.58. The van der Waals surface area contributed by atoms with Crippen molar-refractivity contribution in [2.45, 2.75) is 6.61 Å². The van der Waals surface area contributed by atoms with Gasteiger partial charge in [0.25, 0.3) is 0 Å². The van der Waals surface area contributed by atoms with E-state index in [4.69, 9.17) is 4.74 Å². The number of ether oxygens (including phenoxy) is 1. The van der Waals surface area contributed by atoms with Gasteiger partial charge in [0.1, 0.15) is 18.6 Å². The predicted octanol–water partition coefficient (Wildman–Crippen LogP) is 3.30. The van der Waals surface area contributed by atoms with E-state index in [1.54, 1.807) is 41.2 Å². The number of hydrogen-bond acceptors (Lipinski definition) is 4. The zero-order valence-corrected chi connectivity index (χ0v) is 10.6. The molecular formula is C11H8BrNO2S. The standard InChI is InChI=1S/C11H8BrNO2S/c12-10-3-8(5-14)1-2-11(10)15-6-9-4-13-7-16-9/h1-5,7H,6H2. The molecule has 0 saturated carbocycles. The normalized spacial score (nSPS) is 10.1. The van der Waals surface area contributed by atoms with Crippen LogP contribution in [0.1, 0.15) is 15.2 Å². The quantitative estimate of drug-likeness (QED) is 0.813. The number of thiazole rings is 1. The van der Waals surface area contributed by atoms with Gasteiger partial charge >= 0.3 is 0 Å². The summed E-state index contributed by atoms with van der Waals surface area (Å²) < 4.78 is 6.37. The molecule has 82 valence electrons.